The van der Waals surface area contributed by atoms with Crippen molar-refractivity contribution in [1.29, 1.82) is 5.26 Å². The molecule has 21 heavy (non-hydrogen) atoms. The molecular weight excluding hydrogens is 305 g/mol. The summed E-state index contributed by atoms with van der Waals surface area (Å²) < 4.78 is 1.96. The van der Waals surface area contributed by atoms with Gasteiger partial charge in [-0.15, -0.1) is 11.6 Å². The molecule has 0 aliphatic rings. The van der Waals surface area contributed by atoms with Crippen LogP contribution < -0.4 is 0 Å². The van der Waals surface area contributed by atoms with Gasteiger partial charge in [-0.3, -0.25) is 4.57 Å². The molecule has 1 aromatic heterocycles. The molecule has 0 saturated heterocycles. The van der Waals surface area contributed by atoms with Crippen LogP contribution in [0.25, 0.3) is 16.7 Å². The Morgan fingerprint density at radius 1 is 1.29 bits per heavy atom. The maximum Gasteiger partial charge on any atom is 0.129 e. The normalized spacial score (nSPS) is 10.8. The van der Waals surface area contributed by atoms with E-state index in [4.69, 9.17) is 28.5 Å². The van der Waals surface area contributed by atoms with Gasteiger partial charge in [0.05, 0.1) is 33.7 Å². The zero-order chi connectivity index (χ0) is 15.0. The van der Waals surface area contributed by atoms with E-state index in [1.54, 1.807) is 12.1 Å². The van der Waals surface area contributed by atoms with E-state index in [0.717, 1.165) is 22.3 Å². The Morgan fingerprint density at radius 3 is 2.81 bits per heavy atom. The molecule has 0 fully saturated rings. The third kappa shape index (κ3) is 2.27. The Labute approximate surface area is 132 Å². The van der Waals surface area contributed by atoms with Gasteiger partial charge in [0.2, 0.25) is 0 Å². The second-order valence-corrected chi connectivity index (χ2v) is 5.39. The number of nitrogens with zero attached hydrogens (tertiary/aromatic N) is 3. The molecule has 0 radical (unpaired) electrons. The van der Waals surface area contributed by atoms with Crippen molar-refractivity contribution in [3.63, 3.8) is 0 Å². The van der Waals surface area contributed by atoms with Crippen LogP contribution in [0.2, 0.25) is 5.02 Å². The summed E-state index contributed by atoms with van der Waals surface area (Å²) in [5.74, 6) is 0.972. The van der Waals surface area contributed by atoms with Gasteiger partial charge in [-0.05, 0) is 36.8 Å². The lowest BCUT2D eigenvalue weighted by atomic mass is 10.1. The highest BCUT2D eigenvalue weighted by molar-refractivity contribution is 6.35. The quantitative estimate of drug-likeness (QED) is 0.648. The van der Waals surface area contributed by atoms with Gasteiger partial charge in [-0.25, -0.2) is 4.98 Å². The van der Waals surface area contributed by atoms with E-state index >= 15 is 0 Å². The standard InChI is InChI=1S/C16H11Cl2N3/c1-10-5-6-11(9-19)7-14(10)21-13-4-2-3-12(18)16(13)20-15(21)8-17/h2-7H,8H2,1H3. The third-order valence-corrected chi connectivity index (χ3v) is 3.95. The summed E-state index contributed by atoms with van der Waals surface area (Å²) in [7, 11) is 0. The Bertz CT molecular complexity index is 875. The number of imidazole rings is 1. The third-order valence-electron chi connectivity index (χ3n) is 3.40. The molecule has 3 nitrogen and oxygen atoms in total. The number of benzene rings is 2. The highest BCUT2D eigenvalue weighted by Crippen LogP contribution is 2.29. The molecule has 3 aromatic rings. The first-order chi connectivity index (χ1) is 10.2. The molecule has 0 amide bonds. The van der Waals surface area contributed by atoms with E-state index in [1.165, 1.54) is 0 Å². The highest BCUT2D eigenvalue weighted by Gasteiger charge is 2.15. The molecular formula is C16H11Cl2N3. The Kier molecular flexibility index (Phi) is 3.59. The average molecular weight is 316 g/mol. The molecule has 0 spiro atoms. The SMILES string of the molecule is Cc1ccc(C#N)cc1-n1c(CCl)nc2c(Cl)cccc21. The van der Waals surface area contributed by atoms with Crippen LogP contribution in [0.15, 0.2) is 36.4 Å². The smallest absolute Gasteiger partial charge is 0.129 e. The first kappa shape index (κ1) is 13.9. The molecule has 0 saturated carbocycles. The highest BCUT2D eigenvalue weighted by atomic mass is 35.5. The van der Waals surface area contributed by atoms with E-state index in [2.05, 4.69) is 11.1 Å². The number of hydrogen-bond donors (Lipinski definition) is 0. The summed E-state index contributed by atoms with van der Waals surface area (Å²) in [5.41, 5.74) is 4.14. The molecule has 2 aromatic carbocycles. The topological polar surface area (TPSA) is 41.6 Å². The fraction of sp³-hybridized carbons (Fsp3) is 0.125. The number of para-hydroxylation sites is 1. The van der Waals surface area contributed by atoms with Gasteiger partial charge in [-0.2, -0.15) is 5.26 Å². The van der Waals surface area contributed by atoms with Crippen LogP contribution in [0.3, 0.4) is 0 Å². The number of aromatic nitrogens is 2. The van der Waals surface area contributed by atoms with E-state index in [9.17, 15) is 0 Å². The number of hydrogen-bond acceptors (Lipinski definition) is 2. The van der Waals surface area contributed by atoms with E-state index in [0.29, 0.717) is 16.4 Å². The summed E-state index contributed by atoms with van der Waals surface area (Å²) in [4.78, 5) is 4.52. The summed E-state index contributed by atoms with van der Waals surface area (Å²) in [6.45, 7) is 1.99. The van der Waals surface area contributed by atoms with Crippen LogP contribution >= 0.6 is 23.2 Å². The molecule has 0 bridgehead atoms. The van der Waals surface area contributed by atoms with Crippen molar-refractivity contribution in [2.24, 2.45) is 0 Å². The number of alkyl halides is 1. The second kappa shape index (κ2) is 5.40. The van der Waals surface area contributed by atoms with Crippen LogP contribution in [-0.4, -0.2) is 9.55 Å². The van der Waals surface area contributed by atoms with Crippen molar-refractivity contribution in [1.82, 2.24) is 9.55 Å². The van der Waals surface area contributed by atoms with Crippen molar-refractivity contribution in [3.8, 4) is 11.8 Å². The minimum Gasteiger partial charge on any atom is -0.295 e. The number of aryl methyl sites for hydroxylation is 1. The predicted octanol–water partition coefficient (Wildman–Crippen LogP) is 4.60. The van der Waals surface area contributed by atoms with Crippen LogP contribution in [-0.2, 0) is 5.88 Å². The zero-order valence-corrected chi connectivity index (χ0v) is 12.8. The van der Waals surface area contributed by atoms with E-state index < -0.39 is 0 Å². The van der Waals surface area contributed by atoms with Gasteiger partial charge in [0.15, 0.2) is 0 Å². The molecule has 3 rings (SSSR count). The molecule has 0 aliphatic carbocycles. The Morgan fingerprint density at radius 2 is 2.10 bits per heavy atom. The second-order valence-electron chi connectivity index (χ2n) is 4.72. The summed E-state index contributed by atoms with van der Waals surface area (Å²) >= 11 is 12.3. The minimum atomic E-state index is 0.265. The van der Waals surface area contributed by atoms with Crippen LogP contribution in [0.5, 0.6) is 0 Å². The minimum absolute atomic E-state index is 0.265. The number of nitriles is 1. The summed E-state index contributed by atoms with van der Waals surface area (Å²) in [5, 5.41) is 9.70. The molecule has 104 valence electrons. The van der Waals surface area contributed by atoms with Crippen molar-refractivity contribution >= 4 is 34.2 Å². The predicted molar refractivity (Wildman–Crippen MR) is 85.1 cm³/mol. The van der Waals surface area contributed by atoms with Crippen molar-refractivity contribution in [3.05, 3.63) is 58.4 Å². The molecule has 0 aliphatic heterocycles. The first-order valence-corrected chi connectivity index (χ1v) is 7.30. The molecule has 0 N–H and O–H groups in total. The summed E-state index contributed by atoms with van der Waals surface area (Å²) in [6, 6.07) is 13.3. The number of halogens is 2. The fourth-order valence-corrected chi connectivity index (χ4v) is 2.78. The van der Waals surface area contributed by atoms with Crippen LogP contribution in [0.4, 0.5) is 0 Å². The first-order valence-electron chi connectivity index (χ1n) is 6.38. The summed E-state index contributed by atoms with van der Waals surface area (Å²) in [6.07, 6.45) is 0. The number of fused-ring (bicyclic) bond motifs is 1. The molecule has 5 heteroatoms. The van der Waals surface area contributed by atoms with Gasteiger partial charge in [-0.1, -0.05) is 23.7 Å². The van der Waals surface area contributed by atoms with Crippen molar-refractivity contribution in [2.75, 3.05) is 0 Å². The van der Waals surface area contributed by atoms with Crippen molar-refractivity contribution < 1.29 is 0 Å². The monoisotopic (exact) mass is 315 g/mol. The lowest BCUT2D eigenvalue weighted by molar-refractivity contribution is 0.971. The van der Waals surface area contributed by atoms with Crippen LogP contribution in [0, 0.1) is 18.3 Å². The van der Waals surface area contributed by atoms with Gasteiger partial charge in [0.25, 0.3) is 0 Å². The average Bonchev–Trinajstić information content (AvgIpc) is 2.88. The largest absolute Gasteiger partial charge is 0.295 e. The van der Waals surface area contributed by atoms with E-state index in [1.807, 2.05) is 35.8 Å². The van der Waals surface area contributed by atoms with Crippen LogP contribution in [0.1, 0.15) is 17.0 Å². The van der Waals surface area contributed by atoms with Gasteiger partial charge in [0, 0.05) is 0 Å². The zero-order valence-electron chi connectivity index (χ0n) is 11.3. The molecule has 0 atom stereocenters. The van der Waals surface area contributed by atoms with E-state index in [-0.39, 0.29) is 5.88 Å². The maximum absolute atomic E-state index is 9.11. The molecule has 1 heterocycles. The maximum atomic E-state index is 9.11. The fourth-order valence-electron chi connectivity index (χ4n) is 2.39. The van der Waals surface area contributed by atoms with Gasteiger partial charge in [0.1, 0.15) is 11.3 Å². The lowest BCUT2D eigenvalue weighted by Crippen LogP contribution is -2.02. The Hall–Kier alpha value is -2.02. The van der Waals surface area contributed by atoms with Crippen molar-refractivity contribution in [2.45, 2.75) is 12.8 Å². The Balaban J connectivity index is 2.39. The number of rotatable bonds is 2. The van der Waals surface area contributed by atoms with Gasteiger partial charge < -0.3 is 0 Å². The van der Waals surface area contributed by atoms with Gasteiger partial charge >= 0.3 is 0 Å². The lowest BCUT2D eigenvalue weighted by Gasteiger charge is -2.11. The molecule has 0 unspecified atom stereocenters.